The van der Waals surface area contributed by atoms with Crippen LogP contribution in [0.3, 0.4) is 0 Å². The van der Waals surface area contributed by atoms with Crippen LogP contribution in [0.1, 0.15) is 16.7 Å². The average Bonchev–Trinajstić information content (AvgIpc) is 2.47. The highest BCUT2D eigenvalue weighted by molar-refractivity contribution is 6.32. The molecule has 2 rings (SSSR count). The zero-order chi connectivity index (χ0) is 14.5. The van der Waals surface area contributed by atoms with Crippen LogP contribution in [0.15, 0.2) is 42.5 Å². The van der Waals surface area contributed by atoms with Gasteiger partial charge in [0.05, 0.1) is 11.6 Å². The van der Waals surface area contributed by atoms with Crippen molar-refractivity contribution in [3.05, 3.63) is 64.2 Å². The lowest BCUT2D eigenvalue weighted by molar-refractivity contribution is 0.922. The minimum absolute atomic E-state index is 0.410. The molecule has 0 bridgehead atoms. The summed E-state index contributed by atoms with van der Waals surface area (Å²) in [5, 5.41) is 9.59. The summed E-state index contributed by atoms with van der Waals surface area (Å²) in [5.74, 6) is 0.410. The number of anilines is 1. The molecule has 0 amide bonds. The van der Waals surface area contributed by atoms with E-state index >= 15 is 0 Å². The summed E-state index contributed by atoms with van der Waals surface area (Å²) in [4.78, 5) is 2.08. The maximum Gasteiger partial charge on any atom is 0.0991 e. The molecule has 2 nitrogen and oxygen atoms in total. The van der Waals surface area contributed by atoms with Gasteiger partial charge in [0.1, 0.15) is 0 Å². The number of nitriles is 1. The number of alkyl halides is 1. The third-order valence-electron chi connectivity index (χ3n) is 3.10. The Morgan fingerprint density at radius 3 is 2.65 bits per heavy atom. The summed E-state index contributed by atoms with van der Waals surface area (Å²) in [5.41, 5.74) is 3.71. The molecular formula is C16H14Cl2N2. The summed E-state index contributed by atoms with van der Waals surface area (Å²) in [6.45, 7) is 0.714. The molecule has 0 aromatic heterocycles. The molecule has 0 heterocycles. The smallest absolute Gasteiger partial charge is 0.0991 e. The molecule has 0 N–H and O–H groups in total. The van der Waals surface area contributed by atoms with Gasteiger partial charge in [-0.2, -0.15) is 5.26 Å². The molecule has 0 atom stereocenters. The van der Waals surface area contributed by atoms with Gasteiger partial charge >= 0.3 is 0 Å². The van der Waals surface area contributed by atoms with E-state index in [4.69, 9.17) is 28.5 Å². The molecule has 0 saturated heterocycles. The van der Waals surface area contributed by atoms with Crippen LogP contribution in [-0.2, 0) is 12.4 Å². The van der Waals surface area contributed by atoms with E-state index in [9.17, 15) is 0 Å². The number of rotatable bonds is 4. The number of benzene rings is 2. The normalized spacial score (nSPS) is 10.1. The Hall–Kier alpha value is -1.69. The van der Waals surface area contributed by atoms with Crippen molar-refractivity contribution < 1.29 is 0 Å². The molecule has 0 aliphatic heterocycles. The van der Waals surface area contributed by atoms with Gasteiger partial charge in [-0.3, -0.25) is 0 Å². The third kappa shape index (κ3) is 3.45. The van der Waals surface area contributed by atoms with Crippen LogP contribution >= 0.6 is 23.2 Å². The highest BCUT2D eigenvalue weighted by Crippen LogP contribution is 2.25. The lowest BCUT2D eigenvalue weighted by Crippen LogP contribution is -2.16. The highest BCUT2D eigenvalue weighted by atomic mass is 35.5. The van der Waals surface area contributed by atoms with Crippen LogP contribution in [0.25, 0.3) is 0 Å². The Labute approximate surface area is 129 Å². The van der Waals surface area contributed by atoms with Crippen molar-refractivity contribution in [1.82, 2.24) is 0 Å². The lowest BCUT2D eigenvalue weighted by atomic mass is 10.1. The fourth-order valence-electron chi connectivity index (χ4n) is 1.99. The maximum atomic E-state index is 8.91. The Balaban J connectivity index is 2.17. The van der Waals surface area contributed by atoms with E-state index in [1.807, 2.05) is 43.4 Å². The van der Waals surface area contributed by atoms with Gasteiger partial charge in [-0.1, -0.05) is 29.8 Å². The van der Waals surface area contributed by atoms with Crippen molar-refractivity contribution >= 4 is 28.9 Å². The molecule has 0 aliphatic rings. The van der Waals surface area contributed by atoms with Gasteiger partial charge in [-0.25, -0.2) is 0 Å². The van der Waals surface area contributed by atoms with E-state index in [0.29, 0.717) is 23.0 Å². The standard InChI is InChI=1S/C16H14Cl2N2/c1-20(11-13-4-2-3-12(7-13)10-19)15-6-5-14(9-17)16(18)8-15/h2-8H,9,11H2,1H3. The van der Waals surface area contributed by atoms with Gasteiger partial charge in [0, 0.05) is 30.2 Å². The molecule has 0 spiro atoms. The maximum absolute atomic E-state index is 8.91. The zero-order valence-electron chi connectivity index (χ0n) is 11.1. The van der Waals surface area contributed by atoms with Crippen LogP contribution in [0, 0.1) is 11.3 Å². The third-order valence-corrected chi connectivity index (χ3v) is 3.74. The topological polar surface area (TPSA) is 27.0 Å². The fourth-order valence-corrected chi connectivity index (χ4v) is 2.53. The van der Waals surface area contributed by atoms with Gasteiger partial charge < -0.3 is 4.90 Å². The second kappa shape index (κ2) is 6.65. The molecule has 102 valence electrons. The van der Waals surface area contributed by atoms with Crippen molar-refractivity contribution in [1.29, 1.82) is 5.26 Å². The molecule has 4 heteroatoms. The Kier molecular flexibility index (Phi) is 4.89. The Morgan fingerprint density at radius 1 is 1.20 bits per heavy atom. The minimum atomic E-state index is 0.410. The van der Waals surface area contributed by atoms with Crippen LogP contribution in [0.5, 0.6) is 0 Å². The Bertz CT molecular complexity index is 647. The molecule has 0 saturated carbocycles. The predicted octanol–water partition coefficient (Wildman–Crippen LogP) is 4.59. The monoisotopic (exact) mass is 304 g/mol. The van der Waals surface area contributed by atoms with Crippen molar-refractivity contribution in [2.24, 2.45) is 0 Å². The summed E-state index contributed by atoms with van der Waals surface area (Å²) < 4.78 is 0. The first-order chi connectivity index (χ1) is 9.63. The van der Waals surface area contributed by atoms with E-state index in [1.165, 1.54) is 0 Å². The SMILES string of the molecule is CN(Cc1cccc(C#N)c1)c1ccc(CCl)c(Cl)c1. The van der Waals surface area contributed by atoms with E-state index in [2.05, 4.69) is 11.0 Å². The zero-order valence-corrected chi connectivity index (χ0v) is 12.6. The van der Waals surface area contributed by atoms with Gasteiger partial charge in [0.2, 0.25) is 0 Å². The summed E-state index contributed by atoms with van der Waals surface area (Å²) >= 11 is 12.0. The number of hydrogen-bond donors (Lipinski definition) is 0. The molecule has 0 aliphatic carbocycles. The molecule has 0 radical (unpaired) electrons. The Morgan fingerprint density at radius 2 is 2.00 bits per heavy atom. The van der Waals surface area contributed by atoms with Gasteiger partial charge in [-0.05, 0) is 35.4 Å². The van der Waals surface area contributed by atoms with E-state index in [0.717, 1.165) is 16.8 Å². The summed E-state index contributed by atoms with van der Waals surface area (Å²) in [6.07, 6.45) is 0. The first-order valence-corrected chi connectivity index (χ1v) is 7.10. The van der Waals surface area contributed by atoms with Gasteiger partial charge in [0.15, 0.2) is 0 Å². The first kappa shape index (κ1) is 14.7. The minimum Gasteiger partial charge on any atom is -0.370 e. The van der Waals surface area contributed by atoms with E-state index < -0.39 is 0 Å². The quantitative estimate of drug-likeness (QED) is 0.773. The van der Waals surface area contributed by atoms with Crippen molar-refractivity contribution in [3.63, 3.8) is 0 Å². The van der Waals surface area contributed by atoms with Crippen LogP contribution in [-0.4, -0.2) is 7.05 Å². The lowest BCUT2D eigenvalue weighted by Gasteiger charge is -2.20. The van der Waals surface area contributed by atoms with E-state index in [1.54, 1.807) is 6.07 Å². The number of hydrogen-bond acceptors (Lipinski definition) is 2. The molecule has 2 aromatic carbocycles. The largest absolute Gasteiger partial charge is 0.370 e. The summed E-state index contributed by atoms with van der Waals surface area (Å²) in [6, 6.07) is 15.6. The number of halogens is 2. The highest BCUT2D eigenvalue weighted by Gasteiger charge is 2.06. The van der Waals surface area contributed by atoms with Gasteiger partial charge in [-0.15, -0.1) is 11.6 Å². The number of nitrogens with zero attached hydrogens (tertiary/aromatic N) is 2. The molecule has 0 fully saturated rings. The predicted molar refractivity (Wildman–Crippen MR) is 84.3 cm³/mol. The van der Waals surface area contributed by atoms with Crippen LogP contribution in [0.4, 0.5) is 5.69 Å². The van der Waals surface area contributed by atoms with E-state index in [-0.39, 0.29) is 0 Å². The molecule has 2 aromatic rings. The first-order valence-electron chi connectivity index (χ1n) is 6.18. The van der Waals surface area contributed by atoms with Gasteiger partial charge in [0.25, 0.3) is 0 Å². The second-order valence-electron chi connectivity index (χ2n) is 4.58. The van der Waals surface area contributed by atoms with Crippen LogP contribution < -0.4 is 4.90 Å². The van der Waals surface area contributed by atoms with Crippen molar-refractivity contribution in [2.75, 3.05) is 11.9 Å². The van der Waals surface area contributed by atoms with Crippen molar-refractivity contribution in [3.8, 4) is 6.07 Å². The van der Waals surface area contributed by atoms with Crippen molar-refractivity contribution in [2.45, 2.75) is 12.4 Å². The molecule has 20 heavy (non-hydrogen) atoms. The average molecular weight is 305 g/mol. The second-order valence-corrected chi connectivity index (χ2v) is 5.25. The summed E-state index contributed by atoms with van der Waals surface area (Å²) in [7, 11) is 1.99. The van der Waals surface area contributed by atoms with Crippen LogP contribution in [0.2, 0.25) is 5.02 Å². The molecular weight excluding hydrogens is 291 g/mol. The molecule has 0 unspecified atom stereocenters. The fraction of sp³-hybridized carbons (Fsp3) is 0.188.